The number of ether oxygens (including phenoxy) is 1. The van der Waals surface area contributed by atoms with Crippen molar-refractivity contribution in [1.29, 1.82) is 0 Å². The molecule has 0 saturated carbocycles. The molecule has 1 fully saturated rings. The first kappa shape index (κ1) is 11.0. The van der Waals surface area contributed by atoms with Crippen LogP contribution in [0.4, 0.5) is 0 Å². The predicted octanol–water partition coefficient (Wildman–Crippen LogP) is 2.19. The summed E-state index contributed by atoms with van der Waals surface area (Å²) >= 11 is 0. The summed E-state index contributed by atoms with van der Waals surface area (Å²) in [4.78, 5) is 0. The van der Waals surface area contributed by atoms with Crippen LogP contribution in [0.15, 0.2) is 0 Å². The SMILES string of the molecule is CNC1CCOC(C)(CC(C)C)C1. The number of nitrogens with one attached hydrogen (secondary N) is 1. The fraction of sp³-hybridized carbons (Fsp3) is 1.00. The van der Waals surface area contributed by atoms with Crippen LogP contribution in [-0.2, 0) is 4.74 Å². The molecule has 13 heavy (non-hydrogen) atoms. The van der Waals surface area contributed by atoms with Gasteiger partial charge in [-0.1, -0.05) is 13.8 Å². The van der Waals surface area contributed by atoms with Crippen LogP contribution in [0, 0.1) is 5.92 Å². The Kier molecular flexibility index (Phi) is 3.74. The molecule has 0 aromatic heterocycles. The fourth-order valence-corrected chi connectivity index (χ4v) is 2.38. The van der Waals surface area contributed by atoms with E-state index in [1.807, 2.05) is 7.05 Å². The van der Waals surface area contributed by atoms with Gasteiger partial charge in [0.05, 0.1) is 5.60 Å². The van der Waals surface area contributed by atoms with E-state index in [1.165, 1.54) is 6.42 Å². The van der Waals surface area contributed by atoms with Crippen molar-refractivity contribution in [3.8, 4) is 0 Å². The van der Waals surface area contributed by atoms with Crippen LogP contribution < -0.4 is 5.32 Å². The molecule has 2 nitrogen and oxygen atoms in total. The molecule has 1 saturated heterocycles. The highest BCUT2D eigenvalue weighted by Crippen LogP contribution is 2.30. The van der Waals surface area contributed by atoms with Gasteiger partial charge in [-0.15, -0.1) is 0 Å². The van der Waals surface area contributed by atoms with E-state index in [-0.39, 0.29) is 5.60 Å². The minimum absolute atomic E-state index is 0.111. The largest absolute Gasteiger partial charge is 0.375 e. The van der Waals surface area contributed by atoms with E-state index >= 15 is 0 Å². The van der Waals surface area contributed by atoms with Gasteiger partial charge in [0.1, 0.15) is 0 Å². The number of rotatable bonds is 3. The first-order valence-corrected chi connectivity index (χ1v) is 5.37. The zero-order chi connectivity index (χ0) is 9.90. The van der Waals surface area contributed by atoms with Crippen molar-refractivity contribution in [1.82, 2.24) is 5.32 Å². The highest BCUT2D eigenvalue weighted by atomic mass is 16.5. The highest BCUT2D eigenvalue weighted by Gasteiger charge is 2.32. The second-order valence-corrected chi connectivity index (χ2v) is 4.87. The van der Waals surface area contributed by atoms with Crippen LogP contribution >= 0.6 is 0 Å². The minimum Gasteiger partial charge on any atom is -0.375 e. The lowest BCUT2D eigenvalue weighted by molar-refractivity contribution is -0.0863. The molecule has 0 bridgehead atoms. The Hall–Kier alpha value is -0.0800. The summed E-state index contributed by atoms with van der Waals surface area (Å²) in [6.07, 6.45) is 3.48. The molecule has 0 radical (unpaired) electrons. The molecule has 0 amide bonds. The smallest absolute Gasteiger partial charge is 0.0671 e. The molecule has 1 N–H and O–H groups in total. The maximum atomic E-state index is 5.87. The predicted molar refractivity (Wildman–Crippen MR) is 55.9 cm³/mol. The molecule has 1 rings (SSSR count). The Morgan fingerprint density at radius 2 is 2.23 bits per heavy atom. The zero-order valence-corrected chi connectivity index (χ0v) is 9.39. The van der Waals surface area contributed by atoms with Gasteiger partial charge in [0.25, 0.3) is 0 Å². The molecule has 1 aliphatic heterocycles. The Morgan fingerprint density at radius 3 is 2.77 bits per heavy atom. The summed E-state index contributed by atoms with van der Waals surface area (Å²) in [5.41, 5.74) is 0.111. The third kappa shape index (κ3) is 3.28. The van der Waals surface area contributed by atoms with E-state index < -0.39 is 0 Å². The maximum Gasteiger partial charge on any atom is 0.0671 e. The molecule has 1 aliphatic rings. The van der Waals surface area contributed by atoms with Gasteiger partial charge in [-0.05, 0) is 39.2 Å². The monoisotopic (exact) mass is 185 g/mol. The van der Waals surface area contributed by atoms with Crippen molar-refractivity contribution in [2.45, 2.75) is 51.7 Å². The average Bonchev–Trinajstić information content (AvgIpc) is 2.02. The third-order valence-corrected chi connectivity index (χ3v) is 2.84. The normalized spacial score (nSPS) is 35.3. The van der Waals surface area contributed by atoms with Crippen LogP contribution in [-0.4, -0.2) is 25.3 Å². The lowest BCUT2D eigenvalue weighted by atomic mass is 9.85. The van der Waals surface area contributed by atoms with Crippen molar-refractivity contribution >= 4 is 0 Å². The van der Waals surface area contributed by atoms with Crippen molar-refractivity contribution < 1.29 is 4.74 Å². The maximum absolute atomic E-state index is 5.87. The second-order valence-electron chi connectivity index (χ2n) is 4.87. The molecule has 2 heteroatoms. The van der Waals surface area contributed by atoms with Gasteiger partial charge in [-0.3, -0.25) is 0 Å². The van der Waals surface area contributed by atoms with E-state index in [9.17, 15) is 0 Å². The average molecular weight is 185 g/mol. The van der Waals surface area contributed by atoms with Crippen LogP contribution in [0.25, 0.3) is 0 Å². The fourth-order valence-electron chi connectivity index (χ4n) is 2.38. The topological polar surface area (TPSA) is 21.3 Å². The Bertz CT molecular complexity index is 158. The molecular formula is C11H23NO. The molecule has 0 aromatic carbocycles. The Labute approximate surface area is 82.0 Å². The van der Waals surface area contributed by atoms with E-state index in [2.05, 4.69) is 26.1 Å². The van der Waals surface area contributed by atoms with Gasteiger partial charge in [0, 0.05) is 12.6 Å². The van der Waals surface area contributed by atoms with Crippen molar-refractivity contribution in [2.24, 2.45) is 5.92 Å². The number of hydrogen-bond acceptors (Lipinski definition) is 2. The third-order valence-electron chi connectivity index (χ3n) is 2.84. The van der Waals surface area contributed by atoms with Gasteiger partial charge >= 0.3 is 0 Å². The summed E-state index contributed by atoms with van der Waals surface area (Å²) in [5, 5.41) is 3.35. The van der Waals surface area contributed by atoms with Gasteiger partial charge in [-0.2, -0.15) is 0 Å². The van der Waals surface area contributed by atoms with Gasteiger partial charge in [0.15, 0.2) is 0 Å². The molecular weight excluding hydrogens is 162 g/mol. The first-order valence-electron chi connectivity index (χ1n) is 5.37. The van der Waals surface area contributed by atoms with Gasteiger partial charge in [-0.25, -0.2) is 0 Å². The van der Waals surface area contributed by atoms with Gasteiger partial charge in [0.2, 0.25) is 0 Å². The summed E-state index contributed by atoms with van der Waals surface area (Å²) < 4.78 is 5.87. The Morgan fingerprint density at radius 1 is 1.54 bits per heavy atom. The van der Waals surface area contributed by atoms with Crippen molar-refractivity contribution in [2.75, 3.05) is 13.7 Å². The standard InChI is InChI=1S/C11H23NO/c1-9(2)7-11(3)8-10(12-4)5-6-13-11/h9-10,12H,5-8H2,1-4H3. The Balaban J connectivity index is 2.47. The van der Waals surface area contributed by atoms with Crippen molar-refractivity contribution in [3.05, 3.63) is 0 Å². The lowest BCUT2D eigenvalue weighted by Gasteiger charge is -2.39. The van der Waals surface area contributed by atoms with Crippen LogP contribution in [0.5, 0.6) is 0 Å². The molecule has 2 unspecified atom stereocenters. The van der Waals surface area contributed by atoms with E-state index in [4.69, 9.17) is 4.74 Å². The number of hydrogen-bond donors (Lipinski definition) is 1. The van der Waals surface area contributed by atoms with E-state index in [1.54, 1.807) is 0 Å². The molecule has 78 valence electrons. The highest BCUT2D eigenvalue weighted by molar-refractivity contribution is 4.86. The molecule has 1 heterocycles. The molecule has 0 aromatic rings. The lowest BCUT2D eigenvalue weighted by Crippen LogP contribution is -2.44. The van der Waals surface area contributed by atoms with E-state index in [0.717, 1.165) is 25.4 Å². The summed E-state index contributed by atoms with van der Waals surface area (Å²) in [7, 11) is 2.05. The molecule has 2 atom stereocenters. The van der Waals surface area contributed by atoms with Crippen molar-refractivity contribution in [3.63, 3.8) is 0 Å². The molecule has 0 spiro atoms. The summed E-state index contributed by atoms with van der Waals surface area (Å²) in [6.45, 7) is 7.68. The summed E-state index contributed by atoms with van der Waals surface area (Å²) in [5.74, 6) is 0.723. The van der Waals surface area contributed by atoms with Crippen LogP contribution in [0.2, 0.25) is 0 Å². The van der Waals surface area contributed by atoms with Crippen LogP contribution in [0.1, 0.15) is 40.0 Å². The van der Waals surface area contributed by atoms with Crippen LogP contribution in [0.3, 0.4) is 0 Å². The van der Waals surface area contributed by atoms with E-state index in [0.29, 0.717) is 6.04 Å². The second kappa shape index (κ2) is 4.43. The minimum atomic E-state index is 0.111. The van der Waals surface area contributed by atoms with Gasteiger partial charge < -0.3 is 10.1 Å². The molecule has 0 aliphatic carbocycles. The zero-order valence-electron chi connectivity index (χ0n) is 9.39. The quantitative estimate of drug-likeness (QED) is 0.727. The first-order chi connectivity index (χ1) is 6.06. The summed E-state index contributed by atoms with van der Waals surface area (Å²) in [6, 6.07) is 0.650.